The number of hydrogen-bond donors (Lipinski definition) is 0. The summed E-state index contributed by atoms with van der Waals surface area (Å²) in [5, 5.41) is 0. The van der Waals surface area contributed by atoms with Crippen molar-refractivity contribution >= 4 is 44.7 Å². The van der Waals surface area contributed by atoms with E-state index in [-0.39, 0.29) is 0 Å². The fourth-order valence-electron chi connectivity index (χ4n) is 7.54. The first-order valence-corrected chi connectivity index (χ1v) is 16.6. The maximum atomic E-state index is 4.94. The molecule has 6 heterocycles. The highest BCUT2D eigenvalue weighted by Crippen LogP contribution is 2.35. The average molecular weight is 643 g/mol. The second-order valence-corrected chi connectivity index (χ2v) is 12.5. The zero-order valence-corrected chi connectivity index (χ0v) is 26.6. The van der Waals surface area contributed by atoms with E-state index >= 15 is 0 Å². The van der Waals surface area contributed by atoms with Gasteiger partial charge in [-0.05, 0) is 24.3 Å². The Hall–Kier alpha value is -7.06. The van der Waals surface area contributed by atoms with E-state index in [9.17, 15) is 0 Å². The summed E-state index contributed by atoms with van der Waals surface area (Å²) >= 11 is 0. The molecular weight excluding hydrogens is 617 g/mol. The summed E-state index contributed by atoms with van der Waals surface area (Å²) in [6.45, 7) is 0. The first-order chi connectivity index (χ1) is 24.8. The summed E-state index contributed by atoms with van der Waals surface area (Å²) < 4.78 is 8.88. The van der Waals surface area contributed by atoms with Crippen LogP contribution in [-0.2, 0) is 0 Å². The van der Waals surface area contributed by atoms with Gasteiger partial charge in [-0.1, -0.05) is 109 Å². The minimum Gasteiger partial charge on any atom is -0.288 e. The van der Waals surface area contributed by atoms with Crippen LogP contribution in [0.15, 0.2) is 158 Å². The van der Waals surface area contributed by atoms with Crippen LogP contribution >= 0.6 is 0 Å². The molecule has 0 aliphatic heterocycles. The molecule has 234 valence electrons. The third kappa shape index (κ3) is 3.70. The molecule has 5 aromatic carbocycles. The fraction of sp³-hybridized carbons (Fsp3) is 0. The molecule has 0 aliphatic rings. The van der Waals surface area contributed by atoms with Crippen LogP contribution in [0.3, 0.4) is 0 Å². The van der Waals surface area contributed by atoms with Crippen molar-refractivity contribution in [1.82, 2.24) is 37.5 Å². The first kappa shape index (κ1) is 26.9. The lowest BCUT2D eigenvalue weighted by Crippen LogP contribution is -2.00. The molecule has 50 heavy (non-hydrogen) atoms. The van der Waals surface area contributed by atoms with E-state index in [1.54, 1.807) is 0 Å². The van der Waals surface area contributed by atoms with Gasteiger partial charge in [0.05, 0.1) is 69.6 Å². The molecule has 0 aliphatic carbocycles. The maximum Gasteiger partial charge on any atom is 0.182 e. The molecule has 0 atom stereocenters. The predicted molar refractivity (Wildman–Crippen MR) is 198 cm³/mol. The molecule has 0 bridgehead atoms. The van der Waals surface area contributed by atoms with Crippen LogP contribution in [0.25, 0.3) is 89.7 Å². The van der Waals surface area contributed by atoms with Gasteiger partial charge < -0.3 is 0 Å². The third-order valence-corrected chi connectivity index (χ3v) is 9.79. The molecule has 0 spiro atoms. The molecule has 8 nitrogen and oxygen atoms in total. The van der Waals surface area contributed by atoms with Crippen LogP contribution in [-0.4, -0.2) is 37.5 Å². The van der Waals surface area contributed by atoms with E-state index in [0.717, 1.165) is 89.7 Å². The van der Waals surface area contributed by atoms with Gasteiger partial charge in [0.15, 0.2) is 22.6 Å². The van der Waals surface area contributed by atoms with Crippen molar-refractivity contribution in [3.05, 3.63) is 158 Å². The molecule has 0 radical (unpaired) electrons. The van der Waals surface area contributed by atoms with Gasteiger partial charge in [-0.3, -0.25) is 17.6 Å². The van der Waals surface area contributed by atoms with Gasteiger partial charge in [-0.25, -0.2) is 19.9 Å². The Morgan fingerprint density at radius 1 is 0.260 bits per heavy atom. The summed E-state index contributed by atoms with van der Waals surface area (Å²) in [6, 6.07) is 46.4. The van der Waals surface area contributed by atoms with E-state index in [0.29, 0.717) is 0 Å². The zero-order valence-electron chi connectivity index (χ0n) is 26.6. The SMILES string of the molecule is c1ccc(-c2cnc3c4ncc(-c5ccc(-c6cnc7c8ncc(-c9ccccc9)n8c8ccccc8n67)cc5)n4c4ccccc4n23)cc1. The number of imidazole rings is 4. The largest absolute Gasteiger partial charge is 0.288 e. The van der Waals surface area contributed by atoms with E-state index in [1.165, 1.54) is 0 Å². The lowest BCUT2D eigenvalue weighted by atomic mass is 10.1. The quantitative estimate of drug-likeness (QED) is 0.192. The number of fused-ring (bicyclic) bond motifs is 12. The van der Waals surface area contributed by atoms with Gasteiger partial charge in [0.2, 0.25) is 0 Å². The highest BCUT2D eigenvalue weighted by Gasteiger charge is 2.20. The van der Waals surface area contributed by atoms with Gasteiger partial charge in [-0.2, -0.15) is 0 Å². The fourth-order valence-corrected chi connectivity index (χ4v) is 7.54. The predicted octanol–water partition coefficient (Wildman–Crippen LogP) is 9.25. The Bertz CT molecular complexity index is 2860. The van der Waals surface area contributed by atoms with Crippen LogP contribution < -0.4 is 0 Å². The van der Waals surface area contributed by atoms with Gasteiger partial charge in [0.25, 0.3) is 0 Å². The second kappa shape index (κ2) is 10.2. The Labute approximate surface area is 284 Å². The average Bonchev–Trinajstić information content (AvgIpc) is 4.00. The van der Waals surface area contributed by atoms with E-state index in [4.69, 9.17) is 19.9 Å². The molecular formula is C42H26N8. The van der Waals surface area contributed by atoms with Crippen molar-refractivity contribution < 1.29 is 0 Å². The smallest absolute Gasteiger partial charge is 0.182 e. The highest BCUT2D eigenvalue weighted by atomic mass is 15.1. The van der Waals surface area contributed by atoms with Gasteiger partial charge in [0.1, 0.15) is 0 Å². The minimum atomic E-state index is 0.816. The minimum absolute atomic E-state index is 0.816. The Kier molecular flexibility index (Phi) is 5.51. The standard InChI is InChI=1S/C42H26N8/c1-3-11-27(12-4-1)35-23-43-39-41-45-25-37(49(41)33-17-9-7-15-31(33)47(35)39)29-19-21-30(22-20-29)38-26-46-42-40-44-24-36(28-13-5-2-6-14-28)48(40)32-16-8-10-18-34(32)50(38)42/h1-26H. The molecule has 6 aromatic heterocycles. The number of rotatable bonds is 4. The van der Waals surface area contributed by atoms with Crippen molar-refractivity contribution in [2.45, 2.75) is 0 Å². The van der Waals surface area contributed by atoms with Gasteiger partial charge in [-0.15, -0.1) is 0 Å². The van der Waals surface area contributed by atoms with Crippen LogP contribution in [0.5, 0.6) is 0 Å². The molecule has 0 N–H and O–H groups in total. The molecule has 0 amide bonds. The van der Waals surface area contributed by atoms with Crippen molar-refractivity contribution in [3.8, 4) is 45.0 Å². The summed E-state index contributed by atoms with van der Waals surface area (Å²) in [6.07, 6.45) is 7.79. The Morgan fingerprint density at radius 2 is 0.500 bits per heavy atom. The topological polar surface area (TPSA) is 69.2 Å². The molecule has 8 heteroatoms. The molecule has 11 aromatic rings. The molecule has 0 saturated carbocycles. The normalized spacial score (nSPS) is 12.0. The number of benzene rings is 5. The van der Waals surface area contributed by atoms with E-state index in [1.807, 2.05) is 36.9 Å². The summed E-state index contributed by atoms with van der Waals surface area (Å²) in [5.41, 5.74) is 16.0. The van der Waals surface area contributed by atoms with Crippen LogP contribution in [0.1, 0.15) is 0 Å². The van der Waals surface area contributed by atoms with Gasteiger partial charge in [0, 0.05) is 22.3 Å². The van der Waals surface area contributed by atoms with Crippen LogP contribution in [0.2, 0.25) is 0 Å². The summed E-state index contributed by atoms with van der Waals surface area (Å²) in [4.78, 5) is 19.6. The van der Waals surface area contributed by atoms with Crippen LogP contribution in [0, 0.1) is 0 Å². The Morgan fingerprint density at radius 3 is 0.780 bits per heavy atom. The summed E-state index contributed by atoms with van der Waals surface area (Å²) in [7, 11) is 0. The van der Waals surface area contributed by atoms with Gasteiger partial charge >= 0.3 is 0 Å². The summed E-state index contributed by atoms with van der Waals surface area (Å²) in [5.74, 6) is 0. The highest BCUT2D eigenvalue weighted by molar-refractivity contribution is 5.93. The number of para-hydroxylation sites is 4. The monoisotopic (exact) mass is 642 g/mol. The van der Waals surface area contributed by atoms with Crippen LogP contribution in [0.4, 0.5) is 0 Å². The maximum absolute atomic E-state index is 4.94. The zero-order chi connectivity index (χ0) is 32.8. The molecule has 0 saturated heterocycles. The van der Waals surface area contributed by atoms with E-state index < -0.39 is 0 Å². The lowest BCUT2D eigenvalue weighted by molar-refractivity contribution is 1.17. The number of nitrogens with zero attached hydrogens (tertiary/aromatic N) is 8. The first-order valence-electron chi connectivity index (χ1n) is 16.6. The second-order valence-electron chi connectivity index (χ2n) is 12.5. The third-order valence-electron chi connectivity index (χ3n) is 9.79. The van der Waals surface area contributed by atoms with Crippen molar-refractivity contribution in [1.29, 1.82) is 0 Å². The van der Waals surface area contributed by atoms with E-state index in [2.05, 4.69) is 139 Å². The van der Waals surface area contributed by atoms with Crippen molar-refractivity contribution in [2.75, 3.05) is 0 Å². The molecule has 11 rings (SSSR count). The van der Waals surface area contributed by atoms with Crippen molar-refractivity contribution in [3.63, 3.8) is 0 Å². The number of hydrogen-bond acceptors (Lipinski definition) is 4. The van der Waals surface area contributed by atoms with Crippen molar-refractivity contribution in [2.24, 2.45) is 0 Å². The molecule has 0 unspecified atom stereocenters. The number of aromatic nitrogens is 8. The lowest BCUT2D eigenvalue weighted by Gasteiger charge is -2.12. The Balaban J connectivity index is 1.07. The molecule has 0 fully saturated rings.